The van der Waals surface area contributed by atoms with Gasteiger partial charge in [-0.15, -0.1) is 0 Å². The Kier molecular flexibility index (Phi) is 6.26. The summed E-state index contributed by atoms with van der Waals surface area (Å²) in [5.41, 5.74) is 2.97. The lowest BCUT2D eigenvalue weighted by Crippen LogP contribution is -2.48. The summed E-state index contributed by atoms with van der Waals surface area (Å²) in [7, 11) is 0. The summed E-state index contributed by atoms with van der Waals surface area (Å²) < 4.78 is 0. The summed E-state index contributed by atoms with van der Waals surface area (Å²) >= 11 is 0. The number of hydrogen-bond acceptors (Lipinski definition) is 4. The molecular weight excluding hydrogens is 322 g/mol. The second kappa shape index (κ2) is 8.28. The van der Waals surface area contributed by atoms with E-state index in [-0.39, 0.29) is 11.5 Å². The highest BCUT2D eigenvalue weighted by Crippen LogP contribution is 2.35. The fourth-order valence-corrected chi connectivity index (χ4v) is 4.65. The van der Waals surface area contributed by atoms with Crippen LogP contribution in [0.4, 0.5) is 5.69 Å². The van der Waals surface area contributed by atoms with Gasteiger partial charge in [-0.3, -0.25) is 4.90 Å². The van der Waals surface area contributed by atoms with E-state index >= 15 is 0 Å². The average molecular weight is 360 g/mol. The van der Waals surface area contributed by atoms with Crippen LogP contribution in [0.5, 0.6) is 0 Å². The largest absolute Gasteiger partial charge is 0.391 e. The van der Waals surface area contributed by atoms with Crippen molar-refractivity contribution in [1.29, 1.82) is 0 Å². The first-order valence-corrected chi connectivity index (χ1v) is 10.3. The van der Waals surface area contributed by atoms with Gasteiger partial charge in [-0.25, -0.2) is 0 Å². The number of aliphatic hydroxyl groups excluding tert-OH is 1. The van der Waals surface area contributed by atoms with Crippen LogP contribution in [0.3, 0.4) is 0 Å². The molecule has 0 aromatic heterocycles. The van der Waals surface area contributed by atoms with E-state index in [2.05, 4.69) is 66.7 Å². The predicted octanol–water partition coefficient (Wildman–Crippen LogP) is 3.06. The number of likely N-dealkylation sites (N-methyl/N-ethyl adjacent to an activating group) is 1. The van der Waals surface area contributed by atoms with Crippen LogP contribution in [-0.4, -0.2) is 66.8 Å². The standard InChI is InChI=1S/C22H37N3O/c1-5-23-12-14-25(15-13-23)20-9-7-6-8-18(20)16-24-11-10-19(21(26)17-24)22(2,3)4/h6-9,19,21,26H,5,10-17H2,1-4H3/t19-,21+/m0/s1. The van der Waals surface area contributed by atoms with Crippen molar-refractivity contribution in [2.24, 2.45) is 11.3 Å². The molecule has 2 aliphatic heterocycles. The third kappa shape index (κ3) is 4.59. The summed E-state index contributed by atoms with van der Waals surface area (Å²) in [6, 6.07) is 8.85. The lowest BCUT2D eigenvalue weighted by atomic mass is 9.73. The van der Waals surface area contributed by atoms with Gasteiger partial charge in [0.2, 0.25) is 0 Å². The Morgan fingerprint density at radius 2 is 1.69 bits per heavy atom. The number of piperazine rings is 1. The predicted molar refractivity (Wildman–Crippen MR) is 110 cm³/mol. The number of aliphatic hydroxyl groups is 1. The van der Waals surface area contributed by atoms with Crippen LogP contribution in [0.25, 0.3) is 0 Å². The molecule has 0 aliphatic carbocycles. The van der Waals surface area contributed by atoms with Crippen molar-refractivity contribution >= 4 is 5.69 Å². The number of anilines is 1. The van der Waals surface area contributed by atoms with E-state index < -0.39 is 0 Å². The van der Waals surface area contributed by atoms with Crippen molar-refractivity contribution in [2.75, 3.05) is 50.7 Å². The summed E-state index contributed by atoms with van der Waals surface area (Å²) in [5, 5.41) is 10.7. The molecule has 3 rings (SSSR count). The Balaban J connectivity index is 1.64. The van der Waals surface area contributed by atoms with E-state index in [0.29, 0.717) is 5.92 Å². The lowest BCUT2D eigenvalue weighted by Gasteiger charge is -2.43. The highest BCUT2D eigenvalue weighted by atomic mass is 16.3. The Morgan fingerprint density at radius 1 is 1.00 bits per heavy atom. The third-order valence-corrected chi connectivity index (χ3v) is 6.32. The van der Waals surface area contributed by atoms with Crippen molar-refractivity contribution in [3.05, 3.63) is 29.8 Å². The number of β-amino-alcohol motifs (C(OH)–C–C–N with tert-alkyl or cyclic N) is 1. The molecule has 2 aliphatic rings. The van der Waals surface area contributed by atoms with Gasteiger partial charge in [0, 0.05) is 45.0 Å². The van der Waals surface area contributed by atoms with Gasteiger partial charge in [-0.1, -0.05) is 45.9 Å². The maximum atomic E-state index is 10.7. The zero-order chi connectivity index (χ0) is 18.7. The Morgan fingerprint density at radius 3 is 2.31 bits per heavy atom. The van der Waals surface area contributed by atoms with Gasteiger partial charge in [0.15, 0.2) is 0 Å². The molecule has 4 nitrogen and oxygen atoms in total. The molecule has 0 spiro atoms. The molecule has 0 saturated carbocycles. The highest BCUT2D eigenvalue weighted by Gasteiger charge is 2.35. The molecule has 1 N–H and O–H groups in total. The molecule has 146 valence electrons. The van der Waals surface area contributed by atoms with Crippen molar-refractivity contribution in [1.82, 2.24) is 9.80 Å². The molecule has 0 radical (unpaired) electrons. The molecular formula is C22H37N3O. The molecule has 2 fully saturated rings. The molecule has 0 bridgehead atoms. The Labute approximate surface area is 159 Å². The minimum Gasteiger partial charge on any atom is -0.391 e. The first kappa shape index (κ1) is 19.7. The molecule has 0 amide bonds. The number of rotatable bonds is 4. The SMILES string of the molecule is CCN1CCN(c2ccccc2CN2CC[C@H](C(C)(C)C)[C@H](O)C2)CC1. The van der Waals surface area contributed by atoms with E-state index in [9.17, 15) is 5.11 Å². The maximum Gasteiger partial charge on any atom is 0.0700 e. The van der Waals surface area contributed by atoms with Crippen LogP contribution in [0.15, 0.2) is 24.3 Å². The highest BCUT2D eigenvalue weighted by molar-refractivity contribution is 5.54. The number of piperidine rings is 1. The van der Waals surface area contributed by atoms with Crippen LogP contribution in [0.2, 0.25) is 0 Å². The molecule has 2 saturated heterocycles. The van der Waals surface area contributed by atoms with Crippen molar-refractivity contribution in [2.45, 2.75) is 46.8 Å². The van der Waals surface area contributed by atoms with Crippen molar-refractivity contribution in [3.8, 4) is 0 Å². The van der Waals surface area contributed by atoms with Gasteiger partial charge in [0.05, 0.1) is 6.10 Å². The second-order valence-electron chi connectivity index (χ2n) is 9.11. The summed E-state index contributed by atoms with van der Waals surface area (Å²) in [5.74, 6) is 0.399. The van der Waals surface area contributed by atoms with E-state index in [1.807, 2.05) is 0 Å². The molecule has 2 heterocycles. The molecule has 26 heavy (non-hydrogen) atoms. The van der Waals surface area contributed by atoms with Crippen LogP contribution in [0, 0.1) is 11.3 Å². The number of para-hydroxylation sites is 1. The fraction of sp³-hybridized carbons (Fsp3) is 0.727. The molecule has 2 atom stereocenters. The average Bonchev–Trinajstić information content (AvgIpc) is 2.61. The van der Waals surface area contributed by atoms with E-state index in [4.69, 9.17) is 0 Å². The van der Waals surface area contributed by atoms with Gasteiger partial charge in [0.25, 0.3) is 0 Å². The molecule has 1 aromatic rings. The Hall–Kier alpha value is -1.10. The Bertz CT molecular complexity index is 575. The summed E-state index contributed by atoms with van der Waals surface area (Å²) in [6.07, 6.45) is 0.867. The van der Waals surface area contributed by atoms with Crippen molar-refractivity contribution < 1.29 is 5.11 Å². The topological polar surface area (TPSA) is 30.0 Å². The number of hydrogen-bond donors (Lipinski definition) is 1. The zero-order valence-corrected chi connectivity index (χ0v) is 17.1. The quantitative estimate of drug-likeness (QED) is 0.895. The van der Waals surface area contributed by atoms with E-state index in [1.165, 1.54) is 11.3 Å². The first-order chi connectivity index (χ1) is 12.4. The minimum atomic E-state index is -0.219. The first-order valence-electron chi connectivity index (χ1n) is 10.3. The molecule has 4 heteroatoms. The van der Waals surface area contributed by atoms with Gasteiger partial charge in [0.1, 0.15) is 0 Å². The van der Waals surface area contributed by atoms with Crippen molar-refractivity contribution in [3.63, 3.8) is 0 Å². The zero-order valence-electron chi connectivity index (χ0n) is 17.1. The van der Waals surface area contributed by atoms with Crippen LogP contribution in [0.1, 0.15) is 39.7 Å². The smallest absolute Gasteiger partial charge is 0.0700 e. The normalized spacial score (nSPS) is 26.3. The van der Waals surface area contributed by atoms with Crippen LogP contribution < -0.4 is 4.90 Å². The van der Waals surface area contributed by atoms with Gasteiger partial charge in [-0.05, 0) is 42.5 Å². The number of nitrogens with zero attached hydrogens (tertiary/aromatic N) is 3. The number of benzene rings is 1. The van der Waals surface area contributed by atoms with E-state index in [1.54, 1.807) is 0 Å². The molecule has 0 unspecified atom stereocenters. The fourth-order valence-electron chi connectivity index (χ4n) is 4.65. The van der Waals surface area contributed by atoms with Gasteiger partial charge >= 0.3 is 0 Å². The van der Waals surface area contributed by atoms with Crippen LogP contribution >= 0.6 is 0 Å². The van der Waals surface area contributed by atoms with E-state index in [0.717, 1.165) is 58.8 Å². The second-order valence-corrected chi connectivity index (χ2v) is 9.11. The summed E-state index contributed by atoms with van der Waals surface area (Å²) in [6.45, 7) is 17.5. The lowest BCUT2D eigenvalue weighted by molar-refractivity contribution is -0.0264. The molecule has 1 aromatic carbocycles. The minimum absolute atomic E-state index is 0.183. The van der Waals surface area contributed by atoms with Gasteiger partial charge < -0.3 is 14.9 Å². The monoisotopic (exact) mass is 359 g/mol. The summed E-state index contributed by atoms with van der Waals surface area (Å²) in [4.78, 5) is 7.50. The van der Waals surface area contributed by atoms with Gasteiger partial charge in [-0.2, -0.15) is 0 Å². The van der Waals surface area contributed by atoms with Crippen LogP contribution in [-0.2, 0) is 6.54 Å². The third-order valence-electron chi connectivity index (χ3n) is 6.32. The number of likely N-dealkylation sites (tertiary alicyclic amines) is 1. The maximum absolute atomic E-state index is 10.7.